The average molecular weight is 579 g/mol. The minimum atomic E-state index is -1.57. The normalized spacial score (nSPS) is 15.5. The largest absolute Gasteiger partial charge is 0.341 e. The van der Waals surface area contributed by atoms with Gasteiger partial charge in [-0.3, -0.25) is 14.4 Å². The van der Waals surface area contributed by atoms with E-state index in [0.29, 0.717) is 27.5 Å². The number of benzene rings is 3. The average Bonchev–Trinajstić information content (AvgIpc) is 2.95. The van der Waals surface area contributed by atoms with Gasteiger partial charge in [-0.25, -0.2) is 13.2 Å². The summed E-state index contributed by atoms with van der Waals surface area (Å²) in [5.41, 5.74) is -0.557. The Balaban J connectivity index is 1.64. The van der Waals surface area contributed by atoms with Gasteiger partial charge in [-0.1, -0.05) is 23.2 Å². The molecule has 0 spiro atoms. The van der Waals surface area contributed by atoms with Crippen molar-refractivity contribution in [2.75, 3.05) is 23.4 Å². The number of nitrogens with one attached hydrogen (secondary N) is 2. The molecule has 39 heavy (non-hydrogen) atoms. The maximum atomic E-state index is 14.2. The molecule has 7 nitrogen and oxygen atoms in total. The third-order valence-electron chi connectivity index (χ3n) is 6.22. The molecule has 1 atom stereocenters. The Labute approximate surface area is 232 Å². The molecule has 0 unspecified atom stereocenters. The smallest absolute Gasteiger partial charge is 0.252 e. The van der Waals surface area contributed by atoms with Crippen molar-refractivity contribution in [1.82, 2.24) is 10.6 Å². The molecule has 0 radical (unpaired) electrons. The second kappa shape index (κ2) is 10.8. The Kier molecular flexibility index (Phi) is 7.81. The van der Waals surface area contributed by atoms with E-state index in [4.69, 9.17) is 23.2 Å². The number of anilines is 3. The Morgan fingerprint density at radius 2 is 1.59 bits per heavy atom. The van der Waals surface area contributed by atoms with Gasteiger partial charge in [0.15, 0.2) is 11.6 Å². The third-order valence-corrected chi connectivity index (χ3v) is 6.66. The molecule has 0 saturated carbocycles. The predicted octanol–water partition coefficient (Wildman–Crippen LogP) is 5.22. The lowest BCUT2D eigenvalue weighted by atomic mass is 10.0. The van der Waals surface area contributed by atoms with Gasteiger partial charge in [-0.2, -0.15) is 0 Å². The molecule has 1 aliphatic heterocycles. The van der Waals surface area contributed by atoms with E-state index in [0.717, 1.165) is 12.1 Å². The predicted molar refractivity (Wildman–Crippen MR) is 143 cm³/mol. The number of carbonyl (C=O) groups excluding carboxylic acids is 3. The Hall–Kier alpha value is -3.76. The van der Waals surface area contributed by atoms with Crippen molar-refractivity contribution in [3.05, 3.63) is 87.7 Å². The van der Waals surface area contributed by atoms with Crippen LogP contribution in [0.1, 0.15) is 24.2 Å². The van der Waals surface area contributed by atoms with Crippen LogP contribution in [0.3, 0.4) is 0 Å². The molecular weight excluding hydrogens is 556 g/mol. The van der Waals surface area contributed by atoms with E-state index in [1.807, 2.05) is 0 Å². The van der Waals surface area contributed by atoms with Gasteiger partial charge in [0.2, 0.25) is 5.91 Å². The lowest BCUT2D eigenvalue weighted by molar-refractivity contribution is -0.130. The summed E-state index contributed by atoms with van der Waals surface area (Å²) in [5, 5.41) is 5.78. The molecule has 0 saturated heterocycles. The first-order chi connectivity index (χ1) is 18.3. The first-order valence-electron chi connectivity index (χ1n) is 11.7. The van der Waals surface area contributed by atoms with E-state index in [9.17, 15) is 27.6 Å². The summed E-state index contributed by atoms with van der Waals surface area (Å²) in [7, 11) is 1.45. The number of likely N-dealkylation sites (N-methyl/N-ethyl adjacent to an activating group) is 1. The third kappa shape index (κ3) is 5.97. The second-order valence-corrected chi connectivity index (χ2v) is 10.4. The van der Waals surface area contributed by atoms with Gasteiger partial charge in [-0.15, -0.1) is 0 Å². The summed E-state index contributed by atoms with van der Waals surface area (Å²) in [4.78, 5) is 42.3. The summed E-state index contributed by atoms with van der Waals surface area (Å²) in [6, 6.07) is 10.1. The minimum Gasteiger partial charge on any atom is -0.341 e. The minimum absolute atomic E-state index is 0.0859. The molecule has 0 aromatic heterocycles. The molecule has 0 bridgehead atoms. The van der Waals surface area contributed by atoms with Crippen molar-refractivity contribution in [3.63, 3.8) is 0 Å². The quantitative estimate of drug-likeness (QED) is 0.435. The fraction of sp³-hybridized carbons (Fsp3) is 0.222. The summed E-state index contributed by atoms with van der Waals surface area (Å²) < 4.78 is 41.1. The highest BCUT2D eigenvalue weighted by Crippen LogP contribution is 2.39. The van der Waals surface area contributed by atoms with Crippen LogP contribution in [0, 0.1) is 17.5 Å². The molecule has 3 aromatic carbocycles. The van der Waals surface area contributed by atoms with E-state index in [-0.39, 0.29) is 17.8 Å². The lowest BCUT2D eigenvalue weighted by Crippen LogP contribution is -2.60. The zero-order chi connectivity index (χ0) is 28.6. The van der Waals surface area contributed by atoms with Gasteiger partial charge in [0.1, 0.15) is 17.4 Å². The van der Waals surface area contributed by atoms with Gasteiger partial charge in [0.25, 0.3) is 11.8 Å². The lowest BCUT2D eigenvalue weighted by Gasteiger charge is -2.30. The van der Waals surface area contributed by atoms with E-state index < -0.39 is 46.8 Å². The maximum Gasteiger partial charge on any atom is 0.252 e. The van der Waals surface area contributed by atoms with Crippen molar-refractivity contribution >= 4 is 58.0 Å². The van der Waals surface area contributed by atoms with Crippen molar-refractivity contribution in [1.29, 1.82) is 0 Å². The molecule has 12 heteroatoms. The number of nitrogens with zero attached hydrogens (tertiary/aromatic N) is 2. The molecule has 1 aliphatic rings. The molecule has 3 aromatic rings. The number of hydrogen-bond donors (Lipinski definition) is 2. The number of fused-ring (bicyclic) bond motifs is 1. The molecule has 1 heterocycles. The number of rotatable bonds is 5. The number of amides is 3. The van der Waals surface area contributed by atoms with Crippen molar-refractivity contribution in [2.24, 2.45) is 0 Å². The SMILES string of the molecule is CN1C(=O)[C@H](NC(=O)C(C)(C)NC(=O)c2ccc(F)c(F)c2)CN(c2cc(Cl)cc(Cl)c2)c2ccc(F)cc21. The zero-order valence-electron chi connectivity index (χ0n) is 21.0. The summed E-state index contributed by atoms with van der Waals surface area (Å²) >= 11 is 12.4. The van der Waals surface area contributed by atoms with Crippen LogP contribution >= 0.6 is 23.2 Å². The first-order valence-corrected chi connectivity index (χ1v) is 12.4. The van der Waals surface area contributed by atoms with E-state index in [1.54, 1.807) is 17.0 Å². The Morgan fingerprint density at radius 1 is 0.923 bits per heavy atom. The molecule has 3 amide bonds. The van der Waals surface area contributed by atoms with Crippen LogP contribution in [0.5, 0.6) is 0 Å². The summed E-state index contributed by atoms with van der Waals surface area (Å²) in [6.07, 6.45) is 0. The fourth-order valence-corrected chi connectivity index (χ4v) is 4.66. The van der Waals surface area contributed by atoms with Crippen LogP contribution in [-0.4, -0.2) is 42.9 Å². The summed E-state index contributed by atoms with van der Waals surface area (Å²) in [5.74, 6) is -5.00. The topological polar surface area (TPSA) is 81.8 Å². The second-order valence-electron chi connectivity index (χ2n) is 9.50. The summed E-state index contributed by atoms with van der Waals surface area (Å²) in [6.45, 7) is 2.70. The van der Waals surface area contributed by atoms with Gasteiger partial charge in [0.05, 0.1) is 17.9 Å². The van der Waals surface area contributed by atoms with Gasteiger partial charge in [-0.05, 0) is 68.4 Å². The van der Waals surface area contributed by atoms with Crippen LogP contribution in [0.2, 0.25) is 10.0 Å². The van der Waals surface area contributed by atoms with E-state index >= 15 is 0 Å². The first kappa shape index (κ1) is 28.3. The zero-order valence-corrected chi connectivity index (χ0v) is 22.5. The standard InChI is InChI=1S/C27H23Cl2F3N4O3/c1-27(2,34-24(37)14-4-6-19(31)20(32)8-14)26(39)33-21-13-36(18-10-15(28)9-16(29)11-18)22-7-5-17(30)12-23(22)35(3)25(21)38/h4-12,21H,13H2,1-3H3,(H,33,39)(H,34,37)/t21-/m1/s1. The van der Waals surface area contributed by atoms with Crippen molar-refractivity contribution in [3.8, 4) is 0 Å². The van der Waals surface area contributed by atoms with E-state index in [2.05, 4.69) is 10.6 Å². The molecular formula is C27H23Cl2F3N4O3. The van der Waals surface area contributed by atoms with Gasteiger partial charge >= 0.3 is 0 Å². The Bertz CT molecular complexity index is 1460. The Morgan fingerprint density at radius 3 is 2.23 bits per heavy atom. The molecule has 2 N–H and O–H groups in total. The van der Waals surface area contributed by atoms with Crippen LogP contribution < -0.4 is 20.4 Å². The monoisotopic (exact) mass is 578 g/mol. The van der Waals surface area contributed by atoms with Crippen LogP contribution in [0.25, 0.3) is 0 Å². The fourth-order valence-electron chi connectivity index (χ4n) is 4.14. The molecule has 0 fully saturated rings. The van der Waals surface area contributed by atoms with Crippen LogP contribution in [-0.2, 0) is 9.59 Å². The molecule has 4 rings (SSSR count). The van der Waals surface area contributed by atoms with E-state index in [1.165, 1.54) is 50.1 Å². The number of halogens is 5. The highest BCUT2D eigenvalue weighted by atomic mass is 35.5. The van der Waals surface area contributed by atoms with Crippen LogP contribution in [0.15, 0.2) is 54.6 Å². The highest BCUT2D eigenvalue weighted by molar-refractivity contribution is 6.35. The maximum absolute atomic E-state index is 14.2. The number of carbonyl (C=O) groups is 3. The van der Waals surface area contributed by atoms with Crippen LogP contribution in [0.4, 0.5) is 30.2 Å². The van der Waals surface area contributed by atoms with Gasteiger partial charge < -0.3 is 20.4 Å². The molecule has 0 aliphatic carbocycles. The van der Waals surface area contributed by atoms with Gasteiger partial charge in [0, 0.05) is 28.3 Å². The van der Waals surface area contributed by atoms with Crippen molar-refractivity contribution < 1.29 is 27.6 Å². The highest BCUT2D eigenvalue weighted by Gasteiger charge is 2.38. The molecule has 204 valence electrons. The number of hydrogen-bond acceptors (Lipinski definition) is 4. The van der Waals surface area contributed by atoms with Crippen molar-refractivity contribution in [2.45, 2.75) is 25.4 Å².